The van der Waals surface area contributed by atoms with Crippen molar-refractivity contribution in [3.8, 4) is 0 Å². The van der Waals surface area contributed by atoms with E-state index in [1.165, 1.54) is 18.4 Å². The van der Waals surface area contributed by atoms with Gasteiger partial charge in [0, 0.05) is 27.7 Å². The molecule has 1 rings (SSSR count). The number of halogens is 1. The first kappa shape index (κ1) is 21.1. The van der Waals surface area contributed by atoms with Gasteiger partial charge in [0.15, 0.2) is 5.96 Å². The molecule has 0 aromatic heterocycles. The summed E-state index contributed by atoms with van der Waals surface area (Å²) in [6, 6.07) is 6.74. The molecule has 0 aliphatic heterocycles. The maximum Gasteiger partial charge on any atom is 0.242 e. The van der Waals surface area contributed by atoms with E-state index in [1.54, 1.807) is 31.4 Å². The highest BCUT2D eigenvalue weighted by Crippen LogP contribution is 2.19. The lowest BCUT2D eigenvalue weighted by Crippen LogP contribution is -2.34. The lowest BCUT2D eigenvalue weighted by atomic mass is 10.2. The van der Waals surface area contributed by atoms with Crippen LogP contribution in [-0.2, 0) is 21.3 Å². The van der Waals surface area contributed by atoms with Crippen molar-refractivity contribution in [2.24, 2.45) is 10.7 Å². The van der Waals surface area contributed by atoms with Crippen LogP contribution in [-0.4, -0.2) is 53.0 Å². The summed E-state index contributed by atoms with van der Waals surface area (Å²) in [5, 5.41) is 2.88. The molecule has 126 valence electrons. The zero-order valence-electron chi connectivity index (χ0n) is 12.9. The predicted octanol–water partition coefficient (Wildman–Crippen LogP) is 0.606. The van der Waals surface area contributed by atoms with Crippen molar-refractivity contribution < 1.29 is 13.2 Å². The molecule has 0 aliphatic rings. The van der Waals surface area contributed by atoms with E-state index >= 15 is 0 Å². The number of guanidine groups is 1. The minimum absolute atomic E-state index is 0. The Balaban J connectivity index is 0.00000441. The first-order chi connectivity index (χ1) is 9.89. The fourth-order valence-corrected chi connectivity index (χ4v) is 2.70. The number of ether oxygens (including phenoxy) is 1. The summed E-state index contributed by atoms with van der Waals surface area (Å²) >= 11 is 0. The number of nitrogens with two attached hydrogens (primary N) is 1. The second-order valence-corrected chi connectivity index (χ2v) is 6.64. The molecule has 0 saturated heterocycles. The van der Waals surface area contributed by atoms with E-state index < -0.39 is 10.0 Å². The summed E-state index contributed by atoms with van der Waals surface area (Å²) in [5.74, 6) is 0.254. The number of nitrogens with zero attached hydrogens (tertiary/aromatic N) is 2. The van der Waals surface area contributed by atoms with Crippen LogP contribution in [0.3, 0.4) is 0 Å². The highest BCUT2D eigenvalue weighted by atomic mass is 127. The third-order valence-corrected chi connectivity index (χ3v) is 4.68. The van der Waals surface area contributed by atoms with Crippen molar-refractivity contribution in [1.29, 1.82) is 0 Å². The molecule has 7 nitrogen and oxygen atoms in total. The molecule has 0 unspecified atom stereocenters. The molecule has 3 N–H and O–H groups in total. The van der Waals surface area contributed by atoms with Gasteiger partial charge in [0.2, 0.25) is 10.0 Å². The zero-order chi connectivity index (χ0) is 15.9. The Kier molecular flexibility index (Phi) is 9.56. The maximum atomic E-state index is 12.2. The fraction of sp³-hybridized carbons (Fsp3) is 0.462. The van der Waals surface area contributed by atoms with Crippen LogP contribution in [0, 0.1) is 0 Å². The Labute approximate surface area is 149 Å². The average Bonchev–Trinajstić information content (AvgIpc) is 2.45. The van der Waals surface area contributed by atoms with E-state index in [0.29, 0.717) is 18.7 Å². The molecular formula is C13H23IN4O3S. The Morgan fingerprint density at radius 1 is 1.36 bits per heavy atom. The first-order valence-corrected chi connectivity index (χ1v) is 7.86. The lowest BCUT2D eigenvalue weighted by molar-refractivity contribution is 0.204. The monoisotopic (exact) mass is 442 g/mol. The van der Waals surface area contributed by atoms with Crippen LogP contribution in [0.4, 0.5) is 0 Å². The van der Waals surface area contributed by atoms with Crippen LogP contribution in [0.5, 0.6) is 0 Å². The van der Waals surface area contributed by atoms with Crippen molar-refractivity contribution in [2.45, 2.75) is 11.4 Å². The number of hydrogen-bond donors (Lipinski definition) is 2. The smallest absolute Gasteiger partial charge is 0.242 e. The quantitative estimate of drug-likeness (QED) is 0.279. The van der Waals surface area contributed by atoms with Crippen LogP contribution in [0.2, 0.25) is 0 Å². The molecule has 22 heavy (non-hydrogen) atoms. The molecule has 0 amide bonds. The van der Waals surface area contributed by atoms with Crippen LogP contribution in [0.25, 0.3) is 0 Å². The third kappa shape index (κ3) is 6.07. The Bertz CT molecular complexity index is 591. The third-order valence-electron chi connectivity index (χ3n) is 2.76. The van der Waals surface area contributed by atoms with Crippen molar-refractivity contribution >= 4 is 40.0 Å². The summed E-state index contributed by atoms with van der Waals surface area (Å²) in [4.78, 5) is 4.38. The number of nitrogens with one attached hydrogen (secondary N) is 1. The van der Waals surface area contributed by atoms with Crippen molar-refractivity contribution in [2.75, 3.05) is 34.4 Å². The van der Waals surface area contributed by atoms with Crippen molar-refractivity contribution in [1.82, 2.24) is 9.62 Å². The molecule has 9 heteroatoms. The van der Waals surface area contributed by atoms with Gasteiger partial charge in [-0.2, -0.15) is 0 Å². The molecule has 0 atom stereocenters. The minimum Gasteiger partial charge on any atom is -0.383 e. The first-order valence-electron chi connectivity index (χ1n) is 6.42. The van der Waals surface area contributed by atoms with E-state index in [2.05, 4.69) is 10.3 Å². The van der Waals surface area contributed by atoms with Gasteiger partial charge in [-0.25, -0.2) is 17.7 Å². The van der Waals surface area contributed by atoms with Gasteiger partial charge in [0.1, 0.15) is 0 Å². The summed E-state index contributed by atoms with van der Waals surface area (Å²) in [6.07, 6.45) is 0. The van der Waals surface area contributed by atoms with Gasteiger partial charge in [0.25, 0.3) is 0 Å². The number of methoxy groups -OCH3 is 1. The molecule has 1 aromatic rings. The highest BCUT2D eigenvalue weighted by molar-refractivity contribution is 14.0. The normalized spacial score (nSPS) is 12.1. The Morgan fingerprint density at radius 2 is 2.00 bits per heavy atom. The standard InChI is InChI=1S/C13H22N4O3S.HI/c1-17(2)21(18,19)12-7-5-4-6-11(12)10-16-13(14)15-8-9-20-3;/h4-7H,8-10H2,1-3H3,(H3,14,15,16);1H. The second-order valence-electron chi connectivity index (χ2n) is 4.52. The Hall–Kier alpha value is -0.910. The lowest BCUT2D eigenvalue weighted by Gasteiger charge is -2.14. The van der Waals surface area contributed by atoms with Crippen LogP contribution >= 0.6 is 24.0 Å². The summed E-state index contributed by atoms with van der Waals surface area (Å²) < 4.78 is 30.5. The van der Waals surface area contributed by atoms with Crippen molar-refractivity contribution in [3.63, 3.8) is 0 Å². The van der Waals surface area contributed by atoms with Crippen LogP contribution in [0.1, 0.15) is 5.56 Å². The highest BCUT2D eigenvalue weighted by Gasteiger charge is 2.20. The topological polar surface area (TPSA) is 97.0 Å². The van der Waals surface area contributed by atoms with E-state index in [1.807, 2.05) is 0 Å². The molecule has 0 saturated carbocycles. The molecule has 1 aromatic carbocycles. The largest absolute Gasteiger partial charge is 0.383 e. The average molecular weight is 442 g/mol. The van der Waals surface area contributed by atoms with Gasteiger partial charge < -0.3 is 15.8 Å². The van der Waals surface area contributed by atoms with Gasteiger partial charge in [0.05, 0.1) is 18.0 Å². The summed E-state index contributed by atoms with van der Waals surface area (Å²) in [6.45, 7) is 1.25. The number of aliphatic imine (C=N–C) groups is 1. The van der Waals surface area contributed by atoms with E-state index in [-0.39, 0.29) is 41.4 Å². The van der Waals surface area contributed by atoms with Crippen molar-refractivity contribution in [3.05, 3.63) is 29.8 Å². The predicted molar refractivity (Wildman–Crippen MR) is 97.9 cm³/mol. The fourth-order valence-electron chi connectivity index (χ4n) is 1.59. The molecule has 0 fully saturated rings. The van der Waals surface area contributed by atoms with Gasteiger partial charge in [-0.15, -0.1) is 24.0 Å². The number of hydrogen-bond acceptors (Lipinski definition) is 4. The van der Waals surface area contributed by atoms with Gasteiger partial charge >= 0.3 is 0 Å². The molecule has 0 spiro atoms. The molecule has 0 heterocycles. The van der Waals surface area contributed by atoms with Crippen LogP contribution in [0.15, 0.2) is 34.2 Å². The summed E-state index contributed by atoms with van der Waals surface area (Å²) in [7, 11) is 1.09. The van der Waals surface area contributed by atoms with Gasteiger partial charge in [-0.05, 0) is 11.6 Å². The number of sulfonamides is 1. The minimum atomic E-state index is -3.49. The maximum absolute atomic E-state index is 12.2. The summed E-state index contributed by atoms with van der Waals surface area (Å²) in [5.41, 5.74) is 6.30. The molecule has 0 bridgehead atoms. The van der Waals surface area contributed by atoms with Crippen LogP contribution < -0.4 is 11.1 Å². The SMILES string of the molecule is COCCNC(N)=NCc1ccccc1S(=O)(=O)N(C)C.I. The second kappa shape index (κ2) is 9.98. The Morgan fingerprint density at radius 3 is 2.59 bits per heavy atom. The molecule has 0 aliphatic carbocycles. The molecular weight excluding hydrogens is 419 g/mol. The van der Waals surface area contributed by atoms with E-state index in [9.17, 15) is 8.42 Å². The van der Waals surface area contributed by atoms with Gasteiger partial charge in [-0.1, -0.05) is 18.2 Å². The van der Waals surface area contributed by atoms with E-state index in [4.69, 9.17) is 10.5 Å². The zero-order valence-corrected chi connectivity index (χ0v) is 16.1. The number of benzene rings is 1. The van der Waals surface area contributed by atoms with Gasteiger partial charge in [-0.3, -0.25) is 0 Å². The number of rotatable bonds is 7. The molecule has 0 radical (unpaired) electrons. The van der Waals surface area contributed by atoms with E-state index in [0.717, 1.165) is 0 Å².